The minimum Gasteiger partial charge on any atom is -0.482 e. The molecule has 0 aliphatic carbocycles. The predicted molar refractivity (Wildman–Crippen MR) is 107 cm³/mol. The van der Waals surface area contributed by atoms with E-state index in [1.54, 1.807) is 24.5 Å². The molecule has 0 saturated carbocycles. The second kappa shape index (κ2) is 8.43. The number of aryl methyl sites for hydroxylation is 2. The molecule has 1 aliphatic rings. The molecule has 1 atom stereocenters. The van der Waals surface area contributed by atoms with E-state index in [-0.39, 0.29) is 12.5 Å². The highest BCUT2D eigenvalue weighted by Gasteiger charge is 2.27. The molecule has 7 nitrogen and oxygen atoms in total. The van der Waals surface area contributed by atoms with Gasteiger partial charge >= 0.3 is 0 Å². The van der Waals surface area contributed by atoms with Crippen LogP contribution in [-0.4, -0.2) is 45.6 Å². The molecule has 150 valence electrons. The zero-order valence-electron chi connectivity index (χ0n) is 16.7. The molecule has 0 spiro atoms. The third-order valence-electron chi connectivity index (χ3n) is 5.23. The van der Waals surface area contributed by atoms with Crippen LogP contribution in [0.4, 0.5) is 0 Å². The lowest BCUT2D eigenvalue weighted by Crippen LogP contribution is -2.33. The van der Waals surface area contributed by atoms with Gasteiger partial charge in [0, 0.05) is 25.0 Å². The molecule has 3 aromatic rings. The van der Waals surface area contributed by atoms with Gasteiger partial charge in [0.1, 0.15) is 11.5 Å². The summed E-state index contributed by atoms with van der Waals surface area (Å²) in [5.74, 6) is 1.79. The average molecular weight is 392 g/mol. The van der Waals surface area contributed by atoms with Crippen LogP contribution in [-0.2, 0) is 11.2 Å². The normalized spacial score (nSPS) is 16.2. The van der Waals surface area contributed by atoms with E-state index < -0.39 is 0 Å². The van der Waals surface area contributed by atoms with Crippen molar-refractivity contribution < 1.29 is 14.1 Å². The maximum Gasteiger partial charge on any atom is 0.260 e. The first-order valence-electron chi connectivity index (χ1n) is 9.80. The standard InChI is InChI=1S/C22H24N4O3/c1-15-22(16(2)29-25-15)20-7-3-5-18(24-20)11-17-8-10-26(13-17)21(27)14-28-19-6-4-9-23-12-19/h3-7,9,12,17H,8,10-11,13-14H2,1-2H3. The fourth-order valence-electron chi connectivity index (χ4n) is 3.77. The highest BCUT2D eigenvalue weighted by molar-refractivity contribution is 5.78. The lowest BCUT2D eigenvalue weighted by Gasteiger charge is -2.17. The lowest BCUT2D eigenvalue weighted by molar-refractivity contribution is -0.132. The van der Waals surface area contributed by atoms with E-state index in [1.807, 2.05) is 36.9 Å². The first-order valence-corrected chi connectivity index (χ1v) is 9.80. The topological polar surface area (TPSA) is 81.4 Å². The fourth-order valence-corrected chi connectivity index (χ4v) is 3.77. The second-order valence-electron chi connectivity index (χ2n) is 7.39. The molecule has 4 rings (SSSR count). The quantitative estimate of drug-likeness (QED) is 0.641. The summed E-state index contributed by atoms with van der Waals surface area (Å²) < 4.78 is 10.8. The van der Waals surface area contributed by atoms with Crippen LogP contribution in [0.2, 0.25) is 0 Å². The molecular formula is C22H24N4O3. The van der Waals surface area contributed by atoms with Crippen LogP contribution < -0.4 is 4.74 Å². The van der Waals surface area contributed by atoms with Crippen molar-refractivity contribution in [2.45, 2.75) is 26.7 Å². The van der Waals surface area contributed by atoms with Gasteiger partial charge in [-0.3, -0.25) is 14.8 Å². The summed E-state index contributed by atoms with van der Waals surface area (Å²) in [6, 6.07) is 9.62. The summed E-state index contributed by atoms with van der Waals surface area (Å²) in [6.07, 6.45) is 5.09. The molecular weight excluding hydrogens is 368 g/mol. The Morgan fingerprint density at radius 1 is 1.28 bits per heavy atom. The number of carbonyl (C=O) groups is 1. The number of ether oxygens (including phenoxy) is 1. The molecule has 1 saturated heterocycles. The number of likely N-dealkylation sites (tertiary alicyclic amines) is 1. The van der Waals surface area contributed by atoms with Gasteiger partial charge in [-0.1, -0.05) is 11.2 Å². The number of hydrogen-bond acceptors (Lipinski definition) is 6. The largest absolute Gasteiger partial charge is 0.482 e. The van der Waals surface area contributed by atoms with E-state index in [4.69, 9.17) is 14.2 Å². The number of pyridine rings is 2. The summed E-state index contributed by atoms with van der Waals surface area (Å²) in [5, 5.41) is 4.02. The zero-order chi connectivity index (χ0) is 20.2. The monoisotopic (exact) mass is 392 g/mol. The Labute approximate surface area is 169 Å². The zero-order valence-corrected chi connectivity index (χ0v) is 16.7. The smallest absolute Gasteiger partial charge is 0.260 e. The molecule has 1 amide bonds. The van der Waals surface area contributed by atoms with Crippen molar-refractivity contribution in [3.63, 3.8) is 0 Å². The molecule has 1 aliphatic heterocycles. The van der Waals surface area contributed by atoms with Gasteiger partial charge < -0.3 is 14.2 Å². The van der Waals surface area contributed by atoms with Crippen molar-refractivity contribution in [3.05, 3.63) is 59.9 Å². The Morgan fingerprint density at radius 3 is 2.93 bits per heavy atom. The Morgan fingerprint density at radius 2 is 2.17 bits per heavy atom. The van der Waals surface area contributed by atoms with Crippen LogP contribution in [0.1, 0.15) is 23.6 Å². The summed E-state index contributed by atoms with van der Waals surface area (Å²) in [7, 11) is 0. The van der Waals surface area contributed by atoms with Crippen molar-refractivity contribution in [1.29, 1.82) is 0 Å². The van der Waals surface area contributed by atoms with Gasteiger partial charge in [0.05, 0.1) is 23.1 Å². The van der Waals surface area contributed by atoms with Gasteiger partial charge in [-0.15, -0.1) is 0 Å². The van der Waals surface area contributed by atoms with E-state index >= 15 is 0 Å². The van der Waals surface area contributed by atoms with E-state index in [0.29, 0.717) is 11.7 Å². The van der Waals surface area contributed by atoms with E-state index in [0.717, 1.165) is 54.3 Å². The number of aromatic nitrogens is 3. The second-order valence-corrected chi connectivity index (χ2v) is 7.39. The van der Waals surface area contributed by atoms with Gasteiger partial charge in [-0.25, -0.2) is 0 Å². The number of nitrogens with zero attached hydrogens (tertiary/aromatic N) is 4. The van der Waals surface area contributed by atoms with Gasteiger partial charge in [0.2, 0.25) is 0 Å². The molecule has 0 aromatic carbocycles. The van der Waals surface area contributed by atoms with Gasteiger partial charge in [-0.05, 0) is 56.9 Å². The Balaban J connectivity index is 1.34. The molecule has 0 bridgehead atoms. The van der Waals surface area contributed by atoms with Crippen LogP contribution in [0.5, 0.6) is 5.75 Å². The fraction of sp³-hybridized carbons (Fsp3) is 0.364. The predicted octanol–water partition coefficient (Wildman–Crippen LogP) is 3.22. The van der Waals surface area contributed by atoms with Crippen molar-refractivity contribution in [1.82, 2.24) is 20.0 Å². The third-order valence-corrected chi connectivity index (χ3v) is 5.23. The first kappa shape index (κ1) is 19.1. The Bertz CT molecular complexity index is 967. The molecule has 7 heteroatoms. The van der Waals surface area contributed by atoms with Gasteiger partial charge in [0.25, 0.3) is 5.91 Å². The highest BCUT2D eigenvalue weighted by atomic mass is 16.5. The van der Waals surface area contributed by atoms with Crippen molar-refractivity contribution >= 4 is 5.91 Å². The van der Waals surface area contributed by atoms with E-state index in [2.05, 4.69) is 10.1 Å². The molecule has 1 unspecified atom stereocenters. The summed E-state index contributed by atoms with van der Waals surface area (Å²) in [6.45, 7) is 5.35. The summed E-state index contributed by atoms with van der Waals surface area (Å²) in [5.41, 5.74) is 3.71. The summed E-state index contributed by atoms with van der Waals surface area (Å²) in [4.78, 5) is 23.1. The molecule has 4 heterocycles. The average Bonchev–Trinajstić information content (AvgIpc) is 3.33. The number of amides is 1. The van der Waals surface area contributed by atoms with Crippen molar-refractivity contribution in [2.24, 2.45) is 5.92 Å². The van der Waals surface area contributed by atoms with Crippen molar-refractivity contribution in [2.75, 3.05) is 19.7 Å². The SMILES string of the molecule is Cc1noc(C)c1-c1cccc(CC2CCN(C(=O)COc3cccnc3)C2)n1. The maximum atomic E-state index is 12.4. The Hall–Kier alpha value is -3.22. The number of rotatable bonds is 6. The van der Waals surface area contributed by atoms with Crippen LogP contribution in [0.3, 0.4) is 0 Å². The maximum absolute atomic E-state index is 12.4. The Kier molecular flexibility index (Phi) is 5.55. The minimum atomic E-state index is 0.00813. The van der Waals surface area contributed by atoms with Crippen LogP contribution in [0.25, 0.3) is 11.3 Å². The highest BCUT2D eigenvalue weighted by Crippen LogP contribution is 2.26. The summed E-state index contributed by atoms with van der Waals surface area (Å²) >= 11 is 0. The minimum absolute atomic E-state index is 0.00813. The first-order chi connectivity index (χ1) is 14.1. The van der Waals surface area contributed by atoms with E-state index in [9.17, 15) is 4.79 Å². The molecule has 3 aromatic heterocycles. The third kappa shape index (κ3) is 4.45. The number of carbonyl (C=O) groups excluding carboxylic acids is 1. The molecule has 1 fully saturated rings. The van der Waals surface area contributed by atoms with Crippen LogP contribution in [0.15, 0.2) is 47.2 Å². The molecule has 0 radical (unpaired) electrons. The van der Waals surface area contributed by atoms with Gasteiger partial charge in [-0.2, -0.15) is 0 Å². The lowest BCUT2D eigenvalue weighted by atomic mass is 10.0. The van der Waals surface area contributed by atoms with Crippen LogP contribution in [0, 0.1) is 19.8 Å². The molecule has 29 heavy (non-hydrogen) atoms. The molecule has 0 N–H and O–H groups in total. The van der Waals surface area contributed by atoms with Crippen LogP contribution >= 0.6 is 0 Å². The van der Waals surface area contributed by atoms with Crippen molar-refractivity contribution in [3.8, 4) is 17.0 Å². The number of hydrogen-bond donors (Lipinski definition) is 0. The van der Waals surface area contributed by atoms with E-state index in [1.165, 1.54) is 0 Å². The van der Waals surface area contributed by atoms with Gasteiger partial charge in [0.15, 0.2) is 6.61 Å².